The molecule has 1 saturated carbocycles. The Balaban J connectivity index is 1.97. The lowest BCUT2D eigenvalue weighted by atomic mass is 9.83. The maximum atomic E-state index is 9.84. The summed E-state index contributed by atoms with van der Waals surface area (Å²) in [6.07, 6.45) is 2.49. The van der Waals surface area contributed by atoms with E-state index in [-0.39, 0.29) is 0 Å². The van der Waals surface area contributed by atoms with E-state index in [1.165, 1.54) is 12.8 Å². The van der Waals surface area contributed by atoms with Crippen molar-refractivity contribution < 1.29 is 5.11 Å². The molecule has 1 aromatic carbocycles. The summed E-state index contributed by atoms with van der Waals surface area (Å²) < 4.78 is 0. The maximum absolute atomic E-state index is 9.84. The zero-order chi connectivity index (χ0) is 10.4. The minimum Gasteiger partial charge on any atom is -0.506 e. The quantitative estimate of drug-likeness (QED) is 0.763. The molecule has 15 heavy (non-hydrogen) atoms. The van der Waals surface area contributed by atoms with Crippen molar-refractivity contribution in [2.45, 2.75) is 24.9 Å². The van der Waals surface area contributed by atoms with E-state index in [2.05, 4.69) is 4.90 Å². The lowest BCUT2D eigenvalue weighted by molar-refractivity contribution is 0.354. The standard InChI is InChI=1S/C12H16N2O/c13-7-11-8-5-9(6-8)14(11)10-3-1-2-4-12(10)15/h1-4,8-9,11,15H,5-7,13H2. The Labute approximate surface area is 89.5 Å². The van der Waals surface area contributed by atoms with Crippen molar-refractivity contribution in [1.82, 2.24) is 0 Å². The Morgan fingerprint density at radius 3 is 2.73 bits per heavy atom. The van der Waals surface area contributed by atoms with Gasteiger partial charge in [-0.05, 0) is 30.9 Å². The molecular formula is C12H16N2O. The Bertz CT molecular complexity index is 374. The molecule has 0 radical (unpaired) electrons. The average Bonchev–Trinajstić information content (AvgIpc) is 2.70. The van der Waals surface area contributed by atoms with Crippen LogP contribution in [0.4, 0.5) is 5.69 Å². The number of hydrogen-bond acceptors (Lipinski definition) is 3. The molecule has 3 fully saturated rings. The first kappa shape index (κ1) is 9.04. The first-order valence-corrected chi connectivity index (χ1v) is 5.57. The van der Waals surface area contributed by atoms with E-state index < -0.39 is 0 Å². The lowest BCUT2D eigenvalue weighted by Crippen LogP contribution is -2.36. The summed E-state index contributed by atoms with van der Waals surface area (Å²) in [6.45, 7) is 0.690. The van der Waals surface area contributed by atoms with E-state index in [0.29, 0.717) is 24.4 Å². The van der Waals surface area contributed by atoms with E-state index in [4.69, 9.17) is 5.73 Å². The van der Waals surface area contributed by atoms with Crippen LogP contribution in [-0.4, -0.2) is 23.7 Å². The van der Waals surface area contributed by atoms with E-state index in [1.54, 1.807) is 6.07 Å². The summed E-state index contributed by atoms with van der Waals surface area (Å²) in [7, 11) is 0. The second kappa shape index (κ2) is 3.14. The van der Waals surface area contributed by atoms with Gasteiger partial charge in [0.2, 0.25) is 0 Å². The van der Waals surface area contributed by atoms with Crippen LogP contribution in [-0.2, 0) is 0 Å². The fourth-order valence-electron chi connectivity index (χ4n) is 3.03. The van der Waals surface area contributed by atoms with Crippen molar-refractivity contribution >= 4 is 5.69 Å². The average molecular weight is 204 g/mol. The topological polar surface area (TPSA) is 49.5 Å². The first-order chi connectivity index (χ1) is 7.31. The second-order valence-electron chi connectivity index (χ2n) is 4.58. The monoisotopic (exact) mass is 204 g/mol. The highest BCUT2D eigenvalue weighted by Crippen LogP contribution is 2.49. The SMILES string of the molecule is NCC1C2CC(C2)N1c1ccccc1O. The van der Waals surface area contributed by atoms with Gasteiger partial charge in [0.25, 0.3) is 0 Å². The van der Waals surface area contributed by atoms with Crippen molar-refractivity contribution in [3.8, 4) is 5.75 Å². The third-order valence-corrected chi connectivity index (χ3v) is 3.85. The normalized spacial score (nSPS) is 32.9. The molecular weight excluding hydrogens is 188 g/mol. The van der Waals surface area contributed by atoms with Crippen LogP contribution in [0.15, 0.2) is 24.3 Å². The third kappa shape index (κ3) is 1.16. The number of rotatable bonds is 2. The molecule has 2 aliphatic heterocycles. The summed E-state index contributed by atoms with van der Waals surface area (Å²) in [5.74, 6) is 1.13. The van der Waals surface area contributed by atoms with Gasteiger partial charge in [-0.3, -0.25) is 0 Å². The van der Waals surface area contributed by atoms with Crippen LogP contribution < -0.4 is 10.6 Å². The number of hydrogen-bond donors (Lipinski definition) is 2. The van der Waals surface area contributed by atoms with E-state index in [9.17, 15) is 5.11 Å². The Morgan fingerprint density at radius 1 is 1.33 bits per heavy atom. The van der Waals surface area contributed by atoms with Crippen molar-refractivity contribution in [2.75, 3.05) is 11.4 Å². The fraction of sp³-hybridized carbons (Fsp3) is 0.500. The minimum atomic E-state index is 0.378. The van der Waals surface area contributed by atoms with Gasteiger partial charge in [0.15, 0.2) is 0 Å². The van der Waals surface area contributed by atoms with Gasteiger partial charge < -0.3 is 15.7 Å². The molecule has 2 bridgehead atoms. The van der Waals surface area contributed by atoms with Crippen molar-refractivity contribution in [3.63, 3.8) is 0 Å². The number of phenols is 1. The van der Waals surface area contributed by atoms with Gasteiger partial charge in [-0.1, -0.05) is 12.1 Å². The molecule has 3 N–H and O–H groups in total. The molecule has 0 amide bonds. The molecule has 1 aromatic rings. The highest BCUT2D eigenvalue weighted by atomic mass is 16.3. The highest BCUT2D eigenvalue weighted by Gasteiger charge is 2.50. The minimum absolute atomic E-state index is 0.378. The van der Waals surface area contributed by atoms with Gasteiger partial charge in [0.05, 0.1) is 5.69 Å². The van der Waals surface area contributed by atoms with E-state index in [0.717, 1.165) is 11.6 Å². The van der Waals surface area contributed by atoms with Crippen LogP contribution in [0.3, 0.4) is 0 Å². The molecule has 80 valence electrons. The predicted molar refractivity (Wildman–Crippen MR) is 59.9 cm³/mol. The first-order valence-electron chi connectivity index (χ1n) is 5.57. The molecule has 3 aliphatic rings. The van der Waals surface area contributed by atoms with Crippen molar-refractivity contribution in [1.29, 1.82) is 0 Å². The van der Waals surface area contributed by atoms with Gasteiger partial charge >= 0.3 is 0 Å². The number of fused-ring (bicyclic) bond motifs is 1. The van der Waals surface area contributed by atoms with Crippen LogP contribution >= 0.6 is 0 Å². The zero-order valence-electron chi connectivity index (χ0n) is 8.63. The van der Waals surface area contributed by atoms with Crippen molar-refractivity contribution in [2.24, 2.45) is 11.7 Å². The summed E-state index contributed by atoms with van der Waals surface area (Å²) in [4.78, 5) is 2.32. The Kier molecular flexibility index (Phi) is 1.89. The second-order valence-corrected chi connectivity index (χ2v) is 4.58. The Hall–Kier alpha value is -1.22. The van der Waals surface area contributed by atoms with Gasteiger partial charge in [-0.25, -0.2) is 0 Å². The van der Waals surface area contributed by atoms with E-state index >= 15 is 0 Å². The molecule has 3 heteroatoms. The number of nitrogens with two attached hydrogens (primary N) is 1. The van der Waals surface area contributed by atoms with Gasteiger partial charge in [0.1, 0.15) is 5.75 Å². The van der Waals surface area contributed by atoms with Crippen LogP contribution in [0.25, 0.3) is 0 Å². The number of para-hydroxylation sites is 2. The molecule has 1 atom stereocenters. The summed E-state index contributed by atoms with van der Waals surface area (Å²) in [5.41, 5.74) is 6.76. The molecule has 0 aromatic heterocycles. The van der Waals surface area contributed by atoms with Crippen LogP contribution in [0.5, 0.6) is 5.75 Å². The smallest absolute Gasteiger partial charge is 0.138 e. The zero-order valence-corrected chi connectivity index (χ0v) is 8.63. The molecule has 4 rings (SSSR count). The van der Waals surface area contributed by atoms with Crippen LogP contribution in [0.1, 0.15) is 12.8 Å². The molecule has 1 aliphatic carbocycles. The summed E-state index contributed by atoms with van der Waals surface area (Å²) in [6, 6.07) is 8.60. The third-order valence-electron chi connectivity index (χ3n) is 3.85. The van der Waals surface area contributed by atoms with Crippen LogP contribution in [0, 0.1) is 5.92 Å². The molecule has 2 saturated heterocycles. The van der Waals surface area contributed by atoms with Crippen molar-refractivity contribution in [3.05, 3.63) is 24.3 Å². The van der Waals surface area contributed by atoms with Gasteiger partial charge in [-0.2, -0.15) is 0 Å². The van der Waals surface area contributed by atoms with Crippen LogP contribution in [0.2, 0.25) is 0 Å². The summed E-state index contributed by atoms with van der Waals surface area (Å²) >= 11 is 0. The largest absolute Gasteiger partial charge is 0.506 e. The number of aromatic hydroxyl groups is 1. The fourth-order valence-corrected chi connectivity index (χ4v) is 3.03. The molecule has 2 heterocycles. The maximum Gasteiger partial charge on any atom is 0.138 e. The Morgan fingerprint density at radius 2 is 2.07 bits per heavy atom. The number of benzene rings is 1. The van der Waals surface area contributed by atoms with Gasteiger partial charge in [0, 0.05) is 18.6 Å². The predicted octanol–water partition coefficient (Wildman–Crippen LogP) is 1.32. The number of nitrogens with zero attached hydrogens (tertiary/aromatic N) is 1. The van der Waals surface area contributed by atoms with E-state index in [1.807, 2.05) is 18.2 Å². The molecule has 0 spiro atoms. The van der Waals surface area contributed by atoms with Gasteiger partial charge in [-0.15, -0.1) is 0 Å². The molecule has 3 nitrogen and oxygen atoms in total. The molecule has 1 unspecified atom stereocenters. The number of phenolic OH excluding ortho intramolecular Hbond substituents is 1. The summed E-state index contributed by atoms with van der Waals surface area (Å²) in [5, 5.41) is 9.84. The lowest BCUT2D eigenvalue weighted by Gasteiger charge is -2.28. The number of anilines is 1. The highest BCUT2D eigenvalue weighted by molar-refractivity contribution is 5.61.